The van der Waals surface area contributed by atoms with E-state index in [0.717, 1.165) is 30.8 Å². The zero-order valence-electron chi connectivity index (χ0n) is 13.0. The van der Waals surface area contributed by atoms with Crippen LogP contribution in [0.1, 0.15) is 46.9 Å². The zero-order valence-corrected chi connectivity index (χ0v) is 13.8. The Morgan fingerprint density at radius 1 is 1.22 bits per heavy atom. The summed E-state index contributed by atoms with van der Waals surface area (Å²) in [4.78, 5) is 39.9. The number of carbonyl (C=O) groups excluding carboxylic acids is 3. The summed E-state index contributed by atoms with van der Waals surface area (Å²) in [6.07, 6.45) is 2.18. The Hall–Kier alpha value is -1.88. The van der Waals surface area contributed by atoms with Gasteiger partial charge >= 0.3 is 0 Å². The van der Waals surface area contributed by atoms with Gasteiger partial charge < -0.3 is 4.90 Å². The second kappa shape index (κ2) is 6.32. The Labute approximate surface area is 140 Å². The molecular weight excluding hydrogens is 316 g/mol. The molecule has 3 amide bonds. The van der Waals surface area contributed by atoms with E-state index >= 15 is 0 Å². The van der Waals surface area contributed by atoms with Crippen LogP contribution in [0.3, 0.4) is 0 Å². The standard InChI is InChI=1S/C17H19ClN2O3/c1-11-5-8-19(9-6-11)14(21)7-10-20-16(22)12-3-2-4-13(18)15(12)17(20)23/h2-4,11H,5-10H2,1H3. The molecule has 3 rings (SSSR count). The molecule has 2 aliphatic heterocycles. The number of fused-ring (bicyclic) bond motifs is 1. The predicted octanol–water partition coefficient (Wildman–Crippen LogP) is 2.58. The van der Waals surface area contributed by atoms with Crippen molar-refractivity contribution in [3.8, 4) is 0 Å². The van der Waals surface area contributed by atoms with E-state index in [4.69, 9.17) is 11.6 Å². The number of nitrogens with zero attached hydrogens (tertiary/aromatic N) is 2. The highest BCUT2D eigenvalue weighted by molar-refractivity contribution is 6.37. The van der Waals surface area contributed by atoms with Crippen LogP contribution in [-0.2, 0) is 4.79 Å². The van der Waals surface area contributed by atoms with Crippen molar-refractivity contribution in [1.29, 1.82) is 0 Å². The minimum Gasteiger partial charge on any atom is -0.343 e. The molecule has 122 valence electrons. The summed E-state index contributed by atoms with van der Waals surface area (Å²) in [5.74, 6) is -0.125. The third kappa shape index (κ3) is 2.98. The van der Waals surface area contributed by atoms with Gasteiger partial charge in [0.05, 0.1) is 16.1 Å². The first-order valence-corrected chi connectivity index (χ1v) is 8.29. The molecule has 0 saturated carbocycles. The van der Waals surface area contributed by atoms with Crippen molar-refractivity contribution in [3.05, 3.63) is 34.3 Å². The minimum atomic E-state index is -0.407. The number of amides is 3. The van der Waals surface area contributed by atoms with Gasteiger partial charge in [-0.15, -0.1) is 0 Å². The third-order valence-corrected chi connectivity index (χ3v) is 4.95. The summed E-state index contributed by atoms with van der Waals surface area (Å²) in [5, 5.41) is 0.277. The van der Waals surface area contributed by atoms with E-state index in [2.05, 4.69) is 6.92 Å². The quantitative estimate of drug-likeness (QED) is 0.798. The fourth-order valence-electron chi connectivity index (χ4n) is 3.12. The Kier molecular flexibility index (Phi) is 4.39. The van der Waals surface area contributed by atoms with E-state index in [-0.39, 0.29) is 35.4 Å². The van der Waals surface area contributed by atoms with Crippen LogP contribution in [0.25, 0.3) is 0 Å². The second-order valence-corrected chi connectivity index (χ2v) is 6.64. The van der Waals surface area contributed by atoms with Gasteiger partial charge in [-0.3, -0.25) is 19.3 Å². The van der Waals surface area contributed by atoms with Crippen LogP contribution in [-0.4, -0.2) is 47.2 Å². The first-order valence-electron chi connectivity index (χ1n) is 7.91. The van der Waals surface area contributed by atoms with Crippen LogP contribution >= 0.6 is 11.6 Å². The maximum absolute atomic E-state index is 12.4. The summed E-state index contributed by atoms with van der Waals surface area (Å²) in [7, 11) is 0. The van der Waals surface area contributed by atoms with E-state index in [1.807, 2.05) is 4.90 Å². The van der Waals surface area contributed by atoms with Crippen LogP contribution in [0.5, 0.6) is 0 Å². The fraction of sp³-hybridized carbons (Fsp3) is 0.471. The average molecular weight is 335 g/mol. The first-order chi connectivity index (χ1) is 11.0. The van der Waals surface area contributed by atoms with Gasteiger partial charge in [-0.05, 0) is 30.9 Å². The second-order valence-electron chi connectivity index (χ2n) is 6.24. The minimum absolute atomic E-state index is 0.000414. The van der Waals surface area contributed by atoms with Gasteiger partial charge in [0.1, 0.15) is 0 Å². The number of rotatable bonds is 3. The number of benzene rings is 1. The summed E-state index contributed by atoms with van der Waals surface area (Å²) >= 11 is 6.02. The molecule has 2 aliphatic rings. The van der Waals surface area contributed by atoms with Gasteiger partial charge in [-0.1, -0.05) is 24.6 Å². The lowest BCUT2D eigenvalue weighted by molar-refractivity contribution is -0.132. The maximum atomic E-state index is 12.4. The normalized spacial score (nSPS) is 18.5. The van der Waals surface area contributed by atoms with Crippen molar-refractivity contribution in [2.45, 2.75) is 26.2 Å². The van der Waals surface area contributed by atoms with Gasteiger partial charge in [-0.25, -0.2) is 0 Å². The van der Waals surface area contributed by atoms with Crippen molar-refractivity contribution in [2.75, 3.05) is 19.6 Å². The molecule has 0 aliphatic carbocycles. The topological polar surface area (TPSA) is 57.7 Å². The zero-order chi connectivity index (χ0) is 16.6. The molecule has 0 unspecified atom stereocenters. The molecule has 0 radical (unpaired) electrons. The molecule has 23 heavy (non-hydrogen) atoms. The van der Waals surface area contributed by atoms with Crippen LogP contribution in [0, 0.1) is 5.92 Å². The summed E-state index contributed by atoms with van der Waals surface area (Å²) in [5.41, 5.74) is 0.570. The smallest absolute Gasteiger partial charge is 0.263 e. The van der Waals surface area contributed by atoms with Crippen molar-refractivity contribution in [2.24, 2.45) is 5.92 Å². The Morgan fingerprint density at radius 3 is 2.57 bits per heavy atom. The van der Waals surface area contributed by atoms with Gasteiger partial charge in [0, 0.05) is 26.1 Å². The molecule has 0 spiro atoms. The van der Waals surface area contributed by atoms with Gasteiger partial charge in [0.25, 0.3) is 11.8 Å². The van der Waals surface area contributed by atoms with Gasteiger partial charge in [0.15, 0.2) is 0 Å². The summed E-state index contributed by atoms with van der Waals surface area (Å²) in [6.45, 7) is 3.81. The number of likely N-dealkylation sites (tertiary alicyclic amines) is 1. The van der Waals surface area contributed by atoms with E-state index < -0.39 is 5.91 Å². The van der Waals surface area contributed by atoms with Gasteiger partial charge in [0.2, 0.25) is 5.91 Å². The molecule has 0 bridgehead atoms. The fourth-order valence-corrected chi connectivity index (χ4v) is 3.37. The molecule has 6 heteroatoms. The van der Waals surface area contributed by atoms with Crippen LogP contribution < -0.4 is 0 Å². The summed E-state index contributed by atoms with van der Waals surface area (Å²) < 4.78 is 0. The molecule has 0 atom stereocenters. The van der Waals surface area contributed by atoms with Crippen LogP contribution in [0.15, 0.2) is 18.2 Å². The molecule has 2 heterocycles. The molecule has 0 N–H and O–H groups in total. The molecule has 1 saturated heterocycles. The molecule has 0 aromatic heterocycles. The molecule has 5 nitrogen and oxygen atoms in total. The predicted molar refractivity (Wildman–Crippen MR) is 86.4 cm³/mol. The molecular formula is C17H19ClN2O3. The number of carbonyl (C=O) groups is 3. The highest BCUT2D eigenvalue weighted by atomic mass is 35.5. The Bertz CT molecular complexity index is 666. The van der Waals surface area contributed by atoms with Crippen LogP contribution in [0.2, 0.25) is 5.02 Å². The van der Waals surface area contributed by atoms with Crippen molar-refractivity contribution in [1.82, 2.24) is 9.80 Å². The highest BCUT2D eigenvalue weighted by Gasteiger charge is 2.37. The monoisotopic (exact) mass is 334 g/mol. The highest BCUT2D eigenvalue weighted by Crippen LogP contribution is 2.29. The Morgan fingerprint density at radius 2 is 1.91 bits per heavy atom. The molecule has 1 fully saturated rings. The van der Waals surface area contributed by atoms with Crippen molar-refractivity contribution < 1.29 is 14.4 Å². The SMILES string of the molecule is CC1CCN(C(=O)CCN2C(=O)c3cccc(Cl)c3C2=O)CC1. The lowest BCUT2D eigenvalue weighted by Gasteiger charge is -2.30. The third-order valence-electron chi connectivity index (χ3n) is 4.63. The van der Waals surface area contributed by atoms with E-state index in [1.165, 1.54) is 0 Å². The molecule has 1 aromatic carbocycles. The van der Waals surface area contributed by atoms with Crippen molar-refractivity contribution >= 4 is 29.3 Å². The first kappa shape index (κ1) is 16.0. The summed E-state index contributed by atoms with van der Waals surface area (Å²) in [6, 6.07) is 4.83. The molecule has 1 aromatic rings. The lowest BCUT2D eigenvalue weighted by atomic mass is 9.99. The van der Waals surface area contributed by atoms with Crippen LogP contribution in [0.4, 0.5) is 0 Å². The lowest BCUT2D eigenvalue weighted by Crippen LogP contribution is -2.40. The average Bonchev–Trinajstić information content (AvgIpc) is 2.78. The number of hydrogen-bond acceptors (Lipinski definition) is 3. The Balaban J connectivity index is 1.64. The van der Waals surface area contributed by atoms with Gasteiger partial charge in [-0.2, -0.15) is 0 Å². The van der Waals surface area contributed by atoms with Crippen molar-refractivity contribution in [3.63, 3.8) is 0 Å². The number of piperidine rings is 1. The number of hydrogen-bond donors (Lipinski definition) is 0. The van der Waals surface area contributed by atoms with E-state index in [1.54, 1.807) is 18.2 Å². The van der Waals surface area contributed by atoms with E-state index in [0.29, 0.717) is 11.5 Å². The van der Waals surface area contributed by atoms with E-state index in [9.17, 15) is 14.4 Å². The number of imide groups is 1. The largest absolute Gasteiger partial charge is 0.343 e. The maximum Gasteiger partial charge on any atom is 0.263 e. The number of halogens is 1.